The maximum atomic E-state index is 5.84. The maximum Gasteiger partial charge on any atom is 0.0826 e. The molecule has 0 bridgehead atoms. The lowest BCUT2D eigenvalue weighted by Crippen LogP contribution is -2.45. The highest BCUT2D eigenvalue weighted by atomic mass is 16.5. The third-order valence-electron chi connectivity index (χ3n) is 4.79. The standard InChI is InChI=1S/C17H26N2O/c1-13-7-8-17(16-6-4-3-5-15(13)16)19(2)12-14-11-18-9-10-20-14/h3-6,13-14,17-18H,7-12H2,1-2H3. The van der Waals surface area contributed by atoms with E-state index in [0.717, 1.165) is 26.2 Å². The molecule has 3 atom stereocenters. The number of likely N-dealkylation sites (N-methyl/N-ethyl adjacent to an activating group) is 1. The Labute approximate surface area is 122 Å². The Balaban J connectivity index is 1.71. The molecule has 1 aliphatic carbocycles. The van der Waals surface area contributed by atoms with E-state index in [1.54, 1.807) is 5.56 Å². The van der Waals surface area contributed by atoms with Crippen LogP contribution in [0.1, 0.15) is 42.9 Å². The van der Waals surface area contributed by atoms with E-state index in [2.05, 4.69) is 48.5 Å². The molecule has 1 saturated heterocycles. The van der Waals surface area contributed by atoms with Gasteiger partial charge < -0.3 is 10.1 Å². The molecule has 1 fully saturated rings. The highest BCUT2D eigenvalue weighted by Crippen LogP contribution is 2.39. The molecule has 0 saturated carbocycles. The largest absolute Gasteiger partial charge is 0.374 e. The van der Waals surface area contributed by atoms with Crippen molar-refractivity contribution < 1.29 is 4.74 Å². The van der Waals surface area contributed by atoms with Gasteiger partial charge in [0.05, 0.1) is 12.7 Å². The highest BCUT2D eigenvalue weighted by Gasteiger charge is 2.28. The van der Waals surface area contributed by atoms with Crippen molar-refractivity contribution in [1.82, 2.24) is 10.2 Å². The third kappa shape index (κ3) is 2.90. The monoisotopic (exact) mass is 274 g/mol. The van der Waals surface area contributed by atoms with Crippen LogP contribution in [0, 0.1) is 0 Å². The smallest absolute Gasteiger partial charge is 0.0826 e. The van der Waals surface area contributed by atoms with Crippen LogP contribution in [0.15, 0.2) is 24.3 Å². The zero-order chi connectivity index (χ0) is 13.9. The van der Waals surface area contributed by atoms with E-state index in [9.17, 15) is 0 Å². The lowest BCUT2D eigenvalue weighted by molar-refractivity contribution is 0.000981. The lowest BCUT2D eigenvalue weighted by Gasteiger charge is -2.38. The first kappa shape index (κ1) is 14.1. The van der Waals surface area contributed by atoms with Crippen molar-refractivity contribution in [2.75, 3.05) is 33.3 Å². The molecule has 0 radical (unpaired) electrons. The number of ether oxygens (including phenoxy) is 1. The lowest BCUT2D eigenvalue weighted by atomic mass is 9.80. The summed E-state index contributed by atoms with van der Waals surface area (Å²) in [6.07, 6.45) is 2.88. The van der Waals surface area contributed by atoms with Crippen molar-refractivity contribution in [1.29, 1.82) is 0 Å². The summed E-state index contributed by atoms with van der Waals surface area (Å²) in [5.41, 5.74) is 3.07. The van der Waals surface area contributed by atoms with E-state index < -0.39 is 0 Å². The van der Waals surface area contributed by atoms with Crippen molar-refractivity contribution in [2.24, 2.45) is 0 Å². The molecule has 20 heavy (non-hydrogen) atoms. The number of rotatable bonds is 3. The number of nitrogens with one attached hydrogen (secondary N) is 1. The highest BCUT2D eigenvalue weighted by molar-refractivity contribution is 5.34. The fraction of sp³-hybridized carbons (Fsp3) is 0.647. The first-order valence-electron chi connectivity index (χ1n) is 7.87. The van der Waals surface area contributed by atoms with Crippen LogP contribution >= 0.6 is 0 Å². The number of benzene rings is 1. The van der Waals surface area contributed by atoms with Gasteiger partial charge in [-0.2, -0.15) is 0 Å². The number of hydrogen-bond acceptors (Lipinski definition) is 3. The number of fused-ring (bicyclic) bond motifs is 1. The number of nitrogens with zero attached hydrogens (tertiary/aromatic N) is 1. The Morgan fingerprint density at radius 2 is 2.05 bits per heavy atom. The second kappa shape index (κ2) is 6.25. The molecule has 1 N–H and O–H groups in total. The number of hydrogen-bond donors (Lipinski definition) is 1. The Morgan fingerprint density at radius 1 is 1.25 bits per heavy atom. The quantitative estimate of drug-likeness (QED) is 0.917. The van der Waals surface area contributed by atoms with Gasteiger partial charge in [-0.15, -0.1) is 0 Å². The molecule has 2 aliphatic rings. The van der Waals surface area contributed by atoms with Crippen LogP contribution in [0.25, 0.3) is 0 Å². The van der Waals surface area contributed by atoms with Crippen molar-refractivity contribution in [2.45, 2.75) is 37.8 Å². The molecule has 0 aromatic heterocycles. The van der Waals surface area contributed by atoms with Crippen molar-refractivity contribution in [3.63, 3.8) is 0 Å². The topological polar surface area (TPSA) is 24.5 Å². The van der Waals surface area contributed by atoms with Gasteiger partial charge in [-0.1, -0.05) is 31.2 Å². The Hall–Kier alpha value is -0.900. The second-order valence-corrected chi connectivity index (χ2v) is 6.26. The third-order valence-corrected chi connectivity index (χ3v) is 4.79. The molecule has 3 unspecified atom stereocenters. The van der Waals surface area contributed by atoms with E-state index in [1.807, 2.05) is 0 Å². The molecule has 1 aliphatic heterocycles. The Morgan fingerprint density at radius 3 is 2.80 bits per heavy atom. The molecule has 1 heterocycles. The minimum atomic E-state index is 0.334. The van der Waals surface area contributed by atoms with Crippen LogP contribution in [0.5, 0.6) is 0 Å². The van der Waals surface area contributed by atoms with Gasteiger partial charge in [0.15, 0.2) is 0 Å². The van der Waals surface area contributed by atoms with Crippen molar-refractivity contribution in [3.05, 3.63) is 35.4 Å². The minimum Gasteiger partial charge on any atom is -0.374 e. The Kier molecular flexibility index (Phi) is 4.39. The van der Waals surface area contributed by atoms with Crippen LogP contribution in [-0.2, 0) is 4.74 Å². The molecule has 1 aromatic carbocycles. The van der Waals surface area contributed by atoms with E-state index in [4.69, 9.17) is 4.74 Å². The Bertz CT molecular complexity index is 442. The van der Waals surface area contributed by atoms with E-state index in [0.29, 0.717) is 18.1 Å². The SMILES string of the molecule is CC1CCC(N(C)CC2CNCCO2)c2ccccc21. The molecule has 3 rings (SSSR count). The summed E-state index contributed by atoms with van der Waals surface area (Å²) in [5.74, 6) is 0.698. The summed E-state index contributed by atoms with van der Waals surface area (Å²) in [6, 6.07) is 9.51. The molecule has 110 valence electrons. The first-order chi connectivity index (χ1) is 9.75. The van der Waals surface area contributed by atoms with Crippen LogP contribution in [0.2, 0.25) is 0 Å². The van der Waals surface area contributed by atoms with Crippen LogP contribution in [0.3, 0.4) is 0 Å². The van der Waals surface area contributed by atoms with Crippen LogP contribution in [0.4, 0.5) is 0 Å². The summed E-state index contributed by atoms with van der Waals surface area (Å²) in [6.45, 7) is 6.18. The van der Waals surface area contributed by atoms with Gasteiger partial charge in [0.1, 0.15) is 0 Å². The zero-order valence-corrected chi connectivity index (χ0v) is 12.6. The van der Waals surface area contributed by atoms with Crippen LogP contribution in [-0.4, -0.2) is 44.3 Å². The zero-order valence-electron chi connectivity index (χ0n) is 12.6. The average molecular weight is 274 g/mol. The van der Waals surface area contributed by atoms with Gasteiger partial charge in [0.25, 0.3) is 0 Å². The predicted molar refractivity (Wildman–Crippen MR) is 82.1 cm³/mol. The van der Waals surface area contributed by atoms with E-state index in [-0.39, 0.29) is 0 Å². The molecule has 0 amide bonds. The van der Waals surface area contributed by atoms with Gasteiger partial charge in [-0.05, 0) is 36.9 Å². The van der Waals surface area contributed by atoms with Crippen molar-refractivity contribution >= 4 is 0 Å². The molecule has 3 heteroatoms. The van der Waals surface area contributed by atoms with Gasteiger partial charge in [-0.25, -0.2) is 0 Å². The normalized spacial score (nSPS) is 30.2. The van der Waals surface area contributed by atoms with Crippen LogP contribution < -0.4 is 5.32 Å². The molecular formula is C17H26N2O. The van der Waals surface area contributed by atoms with Crippen molar-refractivity contribution in [3.8, 4) is 0 Å². The molecular weight excluding hydrogens is 248 g/mol. The average Bonchev–Trinajstić information content (AvgIpc) is 2.49. The summed E-state index contributed by atoms with van der Waals surface area (Å²) >= 11 is 0. The molecule has 0 spiro atoms. The fourth-order valence-corrected chi connectivity index (χ4v) is 3.63. The predicted octanol–water partition coefficient (Wildman–Crippen LogP) is 2.55. The summed E-state index contributed by atoms with van der Waals surface area (Å²) in [4.78, 5) is 2.49. The summed E-state index contributed by atoms with van der Waals surface area (Å²) in [7, 11) is 2.25. The summed E-state index contributed by atoms with van der Waals surface area (Å²) in [5, 5.41) is 3.42. The maximum absolute atomic E-state index is 5.84. The number of morpholine rings is 1. The minimum absolute atomic E-state index is 0.334. The summed E-state index contributed by atoms with van der Waals surface area (Å²) < 4.78 is 5.84. The van der Waals surface area contributed by atoms with Gasteiger partial charge in [0, 0.05) is 25.7 Å². The molecule has 1 aromatic rings. The van der Waals surface area contributed by atoms with E-state index in [1.165, 1.54) is 18.4 Å². The fourth-order valence-electron chi connectivity index (χ4n) is 3.63. The van der Waals surface area contributed by atoms with Gasteiger partial charge >= 0.3 is 0 Å². The van der Waals surface area contributed by atoms with E-state index >= 15 is 0 Å². The van der Waals surface area contributed by atoms with Gasteiger partial charge in [-0.3, -0.25) is 4.90 Å². The first-order valence-corrected chi connectivity index (χ1v) is 7.87. The second-order valence-electron chi connectivity index (χ2n) is 6.26. The molecule has 3 nitrogen and oxygen atoms in total. The van der Waals surface area contributed by atoms with Gasteiger partial charge in [0.2, 0.25) is 0 Å².